The van der Waals surface area contributed by atoms with E-state index in [0.717, 1.165) is 0 Å². The van der Waals surface area contributed by atoms with Crippen LogP contribution in [0.3, 0.4) is 0 Å². The Kier molecular flexibility index (Phi) is 13.5. The van der Waals surface area contributed by atoms with Crippen LogP contribution in [0.1, 0.15) is 6.42 Å². The van der Waals surface area contributed by atoms with E-state index in [1.165, 1.54) is 0 Å². The van der Waals surface area contributed by atoms with E-state index in [9.17, 15) is 25.9 Å². The van der Waals surface area contributed by atoms with E-state index in [0.29, 0.717) is 0 Å². The Morgan fingerprint density at radius 1 is 0.824 bits per heavy atom. The summed E-state index contributed by atoms with van der Waals surface area (Å²) in [6.07, 6.45) is -0.662. The fourth-order valence-electron chi connectivity index (χ4n) is 0.957. The van der Waals surface area contributed by atoms with Crippen LogP contribution in [-0.2, 0) is 20.2 Å². The molecule has 0 bridgehead atoms. The van der Waals surface area contributed by atoms with Gasteiger partial charge in [0.05, 0.1) is 30.7 Å². The maximum Gasteiger partial charge on any atom is 1.00 e. The van der Waals surface area contributed by atoms with Crippen LogP contribution < -0.4 is 70.6 Å². The zero-order chi connectivity index (χ0) is 12.3. The number of hydrogen-bond donors (Lipinski definition) is 2. The summed E-state index contributed by atoms with van der Waals surface area (Å²) in [5.41, 5.74) is 9.98. The fraction of sp³-hybridized carbons (Fsp3) is 1.00. The van der Waals surface area contributed by atoms with Gasteiger partial charge in [-0.25, -0.2) is 16.8 Å². The number of nitrogens with two attached hydrogens (primary N) is 2. The average molecular weight is 306 g/mol. The van der Waals surface area contributed by atoms with Crippen LogP contribution in [0.5, 0.6) is 0 Å². The summed E-state index contributed by atoms with van der Waals surface area (Å²) in [7, 11) is -9.43. The predicted octanol–water partition coefficient (Wildman–Crippen LogP) is -8.87. The maximum absolute atomic E-state index is 10.6. The van der Waals surface area contributed by atoms with Crippen molar-refractivity contribution in [3.63, 3.8) is 0 Å². The van der Waals surface area contributed by atoms with Crippen LogP contribution in [0.25, 0.3) is 0 Å². The molecule has 0 heterocycles. The van der Waals surface area contributed by atoms with Crippen molar-refractivity contribution < 1.29 is 85.1 Å². The van der Waals surface area contributed by atoms with Crippen LogP contribution in [0.2, 0.25) is 0 Å². The minimum atomic E-state index is -4.71. The van der Waals surface area contributed by atoms with Gasteiger partial charge in [-0.05, 0) is 6.42 Å². The molecule has 0 aromatic heterocycles. The predicted molar refractivity (Wildman–Crippen MR) is 49.7 cm³/mol. The van der Waals surface area contributed by atoms with Gasteiger partial charge in [0.2, 0.25) is 0 Å². The summed E-state index contributed by atoms with van der Waals surface area (Å²) < 4.78 is 63.4. The molecule has 0 aliphatic rings. The SMILES string of the molecule is NCC(CC(CN)S(=O)(=O)[O-])S(=O)(=O)[O-].[Na+].[Na+]. The molecular formula is C5H12N2Na2O6S2. The van der Waals surface area contributed by atoms with Crippen molar-refractivity contribution in [2.24, 2.45) is 11.5 Å². The zero-order valence-electron chi connectivity index (χ0n) is 9.70. The Morgan fingerprint density at radius 2 is 1.06 bits per heavy atom. The summed E-state index contributed by atoms with van der Waals surface area (Å²) in [5, 5.41) is -3.20. The minimum absolute atomic E-state index is 0. The second kappa shape index (κ2) is 9.61. The zero-order valence-corrected chi connectivity index (χ0v) is 15.3. The summed E-state index contributed by atoms with van der Waals surface area (Å²) in [5.74, 6) is 0. The summed E-state index contributed by atoms with van der Waals surface area (Å²) in [6, 6.07) is 0. The van der Waals surface area contributed by atoms with Gasteiger partial charge in [0.25, 0.3) is 0 Å². The van der Waals surface area contributed by atoms with Crippen LogP contribution in [0.15, 0.2) is 0 Å². The first-order valence-electron chi connectivity index (χ1n) is 3.92. The molecule has 0 aliphatic carbocycles. The molecule has 12 heteroatoms. The van der Waals surface area contributed by atoms with Gasteiger partial charge in [0, 0.05) is 13.1 Å². The van der Waals surface area contributed by atoms with Crippen molar-refractivity contribution in [1.29, 1.82) is 0 Å². The molecule has 0 radical (unpaired) electrons. The smallest absolute Gasteiger partial charge is 0.748 e. The van der Waals surface area contributed by atoms with Gasteiger partial charge in [0.1, 0.15) is 0 Å². The molecule has 0 aliphatic heterocycles. The normalized spacial score (nSPS) is 15.3. The summed E-state index contributed by atoms with van der Waals surface area (Å²) in [6.45, 7) is -1.09. The van der Waals surface area contributed by atoms with Crippen molar-refractivity contribution >= 4 is 20.2 Å². The number of hydrogen-bond acceptors (Lipinski definition) is 8. The van der Waals surface area contributed by atoms with E-state index in [1.54, 1.807) is 0 Å². The topological polar surface area (TPSA) is 166 Å². The van der Waals surface area contributed by atoms with Crippen LogP contribution in [0.4, 0.5) is 0 Å². The van der Waals surface area contributed by atoms with Crippen molar-refractivity contribution in [3.8, 4) is 0 Å². The largest absolute Gasteiger partial charge is 1.00 e. The molecule has 8 nitrogen and oxygen atoms in total. The second-order valence-electron chi connectivity index (χ2n) is 2.94. The first kappa shape index (κ1) is 23.8. The maximum atomic E-state index is 10.6. The Morgan fingerprint density at radius 3 is 1.18 bits per heavy atom. The van der Waals surface area contributed by atoms with Crippen molar-refractivity contribution in [2.45, 2.75) is 16.9 Å². The summed E-state index contributed by atoms with van der Waals surface area (Å²) >= 11 is 0. The van der Waals surface area contributed by atoms with E-state index in [-0.39, 0.29) is 59.1 Å². The molecule has 0 aromatic rings. The van der Waals surface area contributed by atoms with Gasteiger partial charge < -0.3 is 20.6 Å². The van der Waals surface area contributed by atoms with Gasteiger partial charge in [-0.15, -0.1) is 0 Å². The standard InChI is InChI=1S/C5H14N2O6S2.2Na/c6-2-4(14(8,9)10)1-5(3-7)15(11,12)13;;/h4-5H,1-3,6-7H2,(H,8,9,10)(H,11,12,13);;/q;2*+1/p-2. The Hall–Kier alpha value is 1.74. The van der Waals surface area contributed by atoms with Crippen LogP contribution >= 0.6 is 0 Å². The van der Waals surface area contributed by atoms with Gasteiger partial charge in [-0.2, -0.15) is 0 Å². The molecule has 0 aromatic carbocycles. The molecule has 0 saturated heterocycles. The molecule has 17 heavy (non-hydrogen) atoms. The molecule has 0 spiro atoms. The van der Waals surface area contributed by atoms with Crippen LogP contribution in [0, 0.1) is 0 Å². The van der Waals surface area contributed by atoms with Crippen molar-refractivity contribution in [1.82, 2.24) is 0 Å². The monoisotopic (exact) mass is 306 g/mol. The van der Waals surface area contributed by atoms with E-state index in [4.69, 9.17) is 11.5 Å². The minimum Gasteiger partial charge on any atom is -0.748 e. The van der Waals surface area contributed by atoms with Gasteiger partial charge in [-0.3, -0.25) is 0 Å². The Labute approximate surface area is 145 Å². The molecule has 92 valence electrons. The molecule has 2 unspecified atom stereocenters. The summed E-state index contributed by atoms with van der Waals surface area (Å²) in [4.78, 5) is 0. The van der Waals surface area contributed by atoms with E-state index >= 15 is 0 Å². The number of rotatable bonds is 6. The van der Waals surface area contributed by atoms with Crippen molar-refractivity contribution in [2.75, 3.05) is 13.1 Å². The molecule has 0 amide bonds. The molecule has 0 rings (SSSR count). The second-order valence-corrected chi connectivity index (χ2v) is 6.24. The third-order valence-electron chi connectivity index (χ3n) is 1.87. The van der Waals surface area contributed by atoms with E-state index in [2.05, 4.69) is 0 Å². The Bertz CT molecular complexity index is 359. The molecular weight excluding hydrogens is 294 g/mol. The Balaban J connectivity index is -0.000000980. The van der Waals surface area contributed by atoms with E-state index < -0.39 is 50.2 Å². The van der Waals surface area contributed by atoms with Gasteiger partial charge in [0.15, 0.2) is 0 Å². The average Bonchev–Trinajstić information content (AvgIpc) is 2.01. The first-order chi connectivity index (χ1) is 6.62. The van der Waals surface area contributed by atoms with E-state index in [1.807, 2.05) is 0 Å². The van der Waals surface area contributed by atoms with Gasteiger partial charge in [-0.1, -0.05) is 0 Å². The quantitative estimate of drug-likeness (QED) is 0.360. The molecule has 2 atom stereocenters. The van der Waals surface area contributed by atoms with Crippen LogP contribution in [-0.4, -0.2) is 49.5 Å². The molecule has 4 N–H and O–H groups in total. The van der Waals surface area contributed by atoms with Gasteiger partial charge >= 0.3 is 59.1 Å². The fourth-order valence-corrected chi connectivity index (χ4v) is 2.49. The third kappa shape index (κ3) is 9.30. The van der Waals surface area contributed by atoms with Crippen molar-refractivity contribution in [3.05, 3.63) is 0 Å². The molecule has 0 saturated carbocycles. The molecule has 0 fully saturated rings. The first-order valence-corrected chi connectivity index (χ1v) is 6.86. The third-order valence-corrected chi connectivity index (χ3v) is 4.27.